The van der Waals surface area contributed by atoms with Gasteiger partial charge in [-0.1, -0.05) is 48.2 Å². The van der Waals surface area contributed by atoms with E-state index in [9.17, 15) is 9.59 Å². The van der Waals surface area contributed by atoms with Crippen LogP contribution in [-0.2, 0) is 9.53 Å². The first-order chi connectivity index (χ1) is 12.5. The number of rotatable bonds is 7. The number of carbonyl (C=O) groups is 2. The summed E-state index contributed by atoms with van der Waals surface area (Å²) in [4.78, 5) is 24.9. The Morgan fingerprint density at radius 3 is 2.50 bits per heavy atom. The first-order valence-electron chi connectivity index (χ1n) is 8.15. The molecule has 0 saturated carbocycles. The van der Waals surface area contributed by atoms with Crippen molar-refractivity contribution in [2.24, 2.45) is 0 Å². The monoisotopic (exact) mass is 371 g/mol. The lowest BCUT2D eigenvalue weighted by molar-refractivity contribution is -0.132. The van der Waals surface area contributed by atoms with Crippen LogP contribution in [0.5, 0.6) is 0 Å². The van der Waals surface area contributed by atoms with E-state index in [4.69, 9.17) is 9.84 Å². The highest BCUT2D eigenvalue weighted by Crippen LogP contribution is 2.33. The SMILES string of the molecule is C/C(=C\CC(C)OC(=O)Nc1ccccc1Sc1ccccc1)C(=O)O. The van der Waals surface area contributed by atoms with Gasteiger partial charge in [-0.05, 0) is 38.1 Å². The largest absolute Gasteiger partial charge is 0.478 e. The summed E-state index contributed by atoms with van der Waals surface area (Å²) in [6.45, 7) is 3.22. The van der Waals surface area contributed by atoms with Gasteiger partial charge in [-0.25, -0.2) is 9.59 Å². The maximum atomic E-state index is 12.1. The van der Waals surface area contributed by atoms with E-state index in [1.165, 1.54) is 6.92 Å². The number of nitrogens with one attached hydrogen (secondary N) is 1. The first-order valence-corrected chi connectivity index (χ1v) is 8.97. The van der Waals surface area contributed by atoms with Crippen molar-refractivity contribution in [2.75, 3.05) is 5.32 Å². The number of aliphatic carboxylic acids is 1. The fourth-order valence-corrected chi connectivity index (χ4v) is 3.00. The Hall–Kier alpha value is -2.73. The van der Waals surface area contributed by atoms with Gasteiger partial charge in [-0.3, -0.25) is 5.32 Å². The van der Waals surface area contributed by atoms with Gasteiger partial charge in [0.25, 0.3) is 0 Å². The number of carboxylic acids is 1. The first kappa shape index (κ1) is 19.6. The molecule has 2 aromatic carbocycles. The van der Waals surface area contributed by atoms with Crippen LogP contribution in [0.25, 0.3) is 0 Å². The summed E-state index contributed by atoms with van der Waals surface area (Å²) < 4.78 is 5.29. The van der Waals surface area contributed by atoms with Gasteiger partial charge in [0.1, 0.15) is 6.10 Å². The molecular weight excluding hydrogens is 350 g/mol. The molecule has 1 atom stereocenters. The summed E-state index contributed by atoms with van der Waals surface area (Å²) in [5, 5.41) is 11.6. The Kier molecular flexibility index (Phi) is 7.29. The molecule has 5 nitrogen and oxygen atoms in total. The quantitative estimate of drug-likeness (QED) is 0.655. The zero-order valence-corrected chi connectivity index (χ0v) is 15.5. The lowest BCUT2D eigenvalue weighted by Gasteiger charge is -2.14. The van der Waals surface area contributed by atoms with Crippen LogP contribution in [0.1, 0.15) is 20.3 Å². The molecule has 0 spiro atoms. The van der Waals surface area contributed by atoms with E-state index < -0.39 is 18.2 Å². The van der Waals surface area contributed by atoms with Crippen molar-refractivity contribution < 1.29 is 19.4 Å². The Labute approximate surface area is 157 Å². The van der Waals surface area contributed by atoms with Crippen molar-refractivity contribution in [1.82, 2.24) is 0 Å². The molecule has 0 radical (unpaired) electrons. The number of hydrogen-bond acceptors (Lipinski definition) is 4. The Balaban J connectivity index is 1.96. The molecule has 6 heteroatoms. The van der Waals surface area contributed by atoms with Crippen molar-refractivity contribution in [2.45, 2.75) is 36.2 Å². The predicted octanol–water partition coefficient (Wildman–Crippen LogP) is 5.20. The van der Waals surface area contributed by atoms with E-state index in [1.807, 2.05) is 54.6 Å². The van der Waals surface area contributed by atoms with Crippen molar-refractivity contribution >= 4 is 29.5 Å². The van der Waals surface area contributed by atoms with Crippen LogP contribution < -0.4 is 5.32 Å². The lowest BCUT2D eigenvalue weighted by atomic mass is 10.2. The number of anilines is 1. The van der Waals surface area contributed by atoms with Gasteiger partial charge in [0, 0.05) is 21.8 Å². The molecule has 2 rings (SSSR count). The lowest BCUT2D eigenvalue weighted by Crippen LogP contribution is -2.20. The molecule has 136 valence electrons. The second-order valence-electron chi connectivity index (χ2n) is 5.68. The molecule has 1 unspecified atom stereocenters. The molecule has 1 amide bonds. The van der Waals surface area contributed by atoms with Gasteiger partial charge in [0.15, 0.2) is 0 Å². The Bertz CT molecular complexity index is 789. The second-order valence-corrected chi connectivity index (χ2v) is 6.80. The minimum Gasteiger partial charge on any atom is -0.478 e. The molecule has 0 aliphatic heterocycles. The number of carboxylic acid groups (broad SMARTS) is 1. The maximum Gasteiger partial charge on any atom is 0.411 e. The van der Waals surface area contributed by atoms with E-state index in [-0.39, 0.29) is 5.57 Å². The molecule has 0 saturated heterocycles. The summed E-state index contributed by atoms with van der Waals surface area (Å²) in [7, 11) is 0. The van der Waals surface area contributed by atoms with Gasteiger partial charge >= 0.3 is 12.1 Å². The molecule has 0 bridgehead atoms. The molecule has 26 heavy (non-hydrogen) atoms. The van der Waals surface area contributed by atoms with Crippen LogP contribution >= 0.6 is 11.8 Å². The summed E-state index contributed by atoms with van der Waals surface area (Å²) in [5.74, 6) is -0.978. The van der Waals surface area contributed by atoms with Crippen LogP contribution in [0, 0.1) is 0 Å². The van der Waals surface area contributed by atoms with Gasteiger partial charge in [0.2, 0.25) is 0 Å². The second kappa shape index (κ2) is 9.68. The fraction of sp³-hybridized carbons (Fsp3) is 0.200. The normalized spacial score (nSPS) is 12.3. The van der Waals surface area contributed by atoms with Crippen LogP contribution in [0.3, 0.4) is 0 Å². The molecule has 2 N–H and O–H groups in total. The van der Waals surface area contributed by atoms with Gasteiger partial charge in [0.05, 0.1) is 5.69 Å². The summed E-state index contributed by atoms with van der Waals surface area (Å²) in [5.41, 5.74) is 0.890. The van der Waals surface area contributed by atoms with Crippen LogP contribution in [0.2, 0.25) is 0 Å². The highest BCUT2D eigenvalue weighted by atomic mass is 32.2. The van der Waals surface area contributed by atoms with Crippen LogP contribution in [0.4, 0.5) is 10.5 Å². The van der Waals surface area contributed by atoms with Crippen molar-refractivity contribution in [3.05, 3.63) is 66.2 Å². The molecule has 0 aromatic heterocycles. The third-order valence-electron chi connectivity index (χ3n) is 3.50. The van der Waals surface area contributed by atoms with E-state index in [0.29, 0.717) is 12.1 Å². The number of ether oxygens (including phenoxy) is 1. The predicted molar refractivity (Wildman–Crippen MR) is 103 cm³/mol. The molecule has 0 fully saturated rings. The van der Waals surface area contributed by atoms with E-state index >= 15 is 0 Å². The molecule has 0 aliphatic rings. The topological polar surface area (TPSA) is 75.6 Å². The maximum absolute atomic E-state index is 12.1. The highest BCUT2D eigenvalue weighted by Gasteiger charge is 2.12. The average Bonchev–Trinajstić information content (AvgIpc) is 2.62. The third kappa shape index (κ3) is 6.29. The van der Waals surface area contributed by atoms with Crippen molar-refractivity contribution in [1.29, 1.82) is 0 Å². The summed E-state index contributed by atoms with van der Waals surface area (Å²) in [6, 6.07) is 17.4. The number of carbonyl (C=O) groups excluding carboxylic acids is 1. The fourth-order valence-electron chi connectivity index (χ4n) is 2.07. The molecule has 0 heterocycles. The Morgan fingerprint density at radius 2 is 1.81 bits per heavy atom. The van der Waals surface area contributed by atoms with E-state index in [1.54, 1.807) is 24.8 Å². The van der Waals surface area contributed by atoms with Gasteiger partial charge in [-0.2, -0.15) is 0 Å². The summed E-state index contributed by atoms with van der Waals surface area (Å²) in [6.07, 6.45) is 0.879. The smallest absolute Gasteiger partial charge is 0.411 e. The minimum absolute atomic E-state index is 0.227. The highest BCUT2D eigenvalue weighted by molar-refractivity contribution is 7.99. The zero-order valence-electron chi connectivity index (χ0n) is 14.6. The van der Waals surface area contributed by atoms with Crippen molar-refractivity contribution in [3.63, 3.8) is 0 Å². The van der Waals surface area contributed by atoms with Crippen molar-refractivity contribution in [3.8, 4) is 0 Å². The van der Waals surface area contributed by atoms with E-state index in [0.717, 1.165) is 9.79 Å². The standard InChI is InChI=1S/C20H21NO4S/c1-14(19(22)23)12-13-15(2)25-20(24)21-17-10-6-7-11-18(17)26-16-8-4-3-5-9-16/h3-12,15H,13H2,1-2H3,(H,21,24)(H,22,23)/b14-12+. The van der Waals surface area contributed by atoms with Crippen LogP contribution in [0.15, 0.2) is 76.0 Å². The van der Waals surface area contributed by atoms with Gasteiger partial charge < -0.3 is 9.84 Å². The van der Waals surface area contributed by atoms with E-state index in [2.05, 4.69) is 5.32 Å². The molecular formula is C20H21NO4S. The molecule has 2 aromatic rings. The number of hydrogen-bond donors (Lipinski definition) is 2. The number of para-hydroxylation sites is 1. The Morgan fingerprint density at radius 1 is 1.15 bits per heavy atom. The average molecular weight is 371 g/mol. The minimum atomic E-state index is -0.978. The zero-order chi connectivity index (χ0) is 18.9. The molecule has 0 aliphatic carbocycles. The van der Waals surface area contributed by atoms with Crippen LogP contribution in [-0.4, -0.2) is 23.3 Å². The number of benzene rings is 2. The third-order valence-corrected chi connectivity index (χ3v) is 4.58. The van der Waals surface area contributed by atoms with Gasteiger partial charge in [-0.15, -0.1) is 0 Å². The number of amides is 1. The summed E-state index contributed by atoms with van der Waals surface area (Å²) >= 11 is 1.55.